The van der Waals surface area contributed by atoms with Gasteiger partial charge in [-0.2, -0.15) is 0 Å². The molecule has 0 spiro atoms. The Morgan fingerprint density at radius 3 is 2.67 bits per heavy atom. The fraction of sp³-hybridized carbons (Fsp3) is 1.00. The predicted octanol–water partition coefficient (Wildman–Crippen LogP) is 1.38. The molecule has 3 atom stereocenters. The average Bonchev–Trinajstić information content (AvgIpc) is 2.55. The Hall–Kier alpha value is -0.260. The van der Waals surface area contributed by atoms with E-state index in [9.17, 15) is 8.78 Å². The van der Waals surface area contributed by atoms with Gasteiger partial charge < -0.3 is 9.47 Å². The van der Waals surface area contributed by atoms with Crippen LogP contribution in [-0.2, 0) is 9.47 Å². The number of nitrogens with zero attached hydrogens (tertiary/aromatic N) is 1. The molecule has 0 saturated carbocycles. The van der Waals surface area contributed by atoms with Crippen LogP contribution in [0.2, 0.25) is 0 Å². The molecule has 0 radical (unpaired) electrons. The van der Waals surface area contributed by atoms with Gasteiger partial charge in [-0.15, -0.1) is 0 Å². The SMILES string of the molecule is CO[C@@H](C)[C@@H]1[C@@H](OCC(F)F)CCN1C. The highest BCUT2D eigenvalue weighted by molar-refractivity contribution is 4.90. The van der Waals surface area contributed by atoms with Gasteiger partial charge in [0.25, 0.3) is 6.43 Å². The third-order valence-corrected chi connectivity index (χ3v) is 2.95. The first-order chi connectivity index (χ1) is 7.06. The number of halogens is 2. The van der Waals surface area contributed by atoms with Gasteiger partial charge in [-0.05, 0) is 20.4 Å². The Morgan fingerprint density at radius 1 is 1.47 bits per heavy atom. The lowest BCUT2D eigenvalue weighted by Crippen LogP contribution is -2.43. The highest BCUT2D eigenvalue weighted by Gasteiger charge is 2.36. The quantitative estimate of drug-likeness (QED) is 0.702. The fourth-order valence-electron chi connectivity index (χ4n) is 2.11. The molecule has 0 aromatic heterocycles. The van der Waals surface area contributed by atoms with Crippen LogP contribution in [0.3, 0.4) is 0 Å². The van der Waals surface area contributed by atoms with Crippen molar-refractivity contribution in [3.8, 4) is 0 Å². The van der Waals surface area contributed by atoms with E-state index in [2.05, 4.69) is 4.90 Å². The lowest BCUT2D eigenvalue weighted by atomic mass is 10.1. The molecule has 0 amide bonds. The molecule has 0 N–H and O–H groups in total. The first-order valence-corrected chi connectivity index (χ1v) is 5.19. The number of hydrogen-bond acceptors (Lipinski definition) is 3. The van der Waals surface area contributed by atoms with E-state index in [4.69, 9.17) is 9.47 Å². The van der Waals surface area contributed by atoms with Crippen molar-refractivity contribution >= 4 is 0 Å². The summed E-state index contributed by atoms with van der Waals surface area (Å²) in [6.07, 6.45) is -1.74. The van der Waals surface area contributed by atoms with Crippen LogP contribution in [0.25, 0.3) is 0 Å². The average molecular weight is 223 g/mol. The highest BCUT2D eigenvalue weighted by atomic mass is 19.3. The molecule has 0 aromatic rings. The Kier molecular flexibility index (Phi) is 4.89. The van der Waals surface area contributed by atoms with Crippen molar-refractivity contribution in [1.29, 1.82) is 0 Å². The van der Waals surface area contributed by atoms with Crippen LogP contribution in [0.4, 0.5) is 8.78 Å². The summed E-state index contributed by atoms with van der Waals surface area (Å²) in [5.74, 6) is 0. The highest BCUT2D eigenvalue weighted by Crippen LogP contribution is 2.23. The third kappa shape index (κ3) is 3.36. The summed E-state index contributed by atoms with van der Waals surface area (Å²) >= 11 is 0. The van der Waals surface area contributed by atoms with Crippen molar-refractivity contribution in [1.82, 2.24) is 4.90 Å². The number of hydrogen-bond donors (Lipinski definition) is 0. The smallest absolute Gasteiger partial charge is 0.261 e. The van der Waals surface area contributed by atoms with E-state index in [1.54, 1.807) is 7.11 Å². The minimum Gasteiger partial charge on any atom is -0.380 e. The fourth-order valence-corrected chi connectivity index (χ4v) is 2.11. The van der Waals surface area contributed by atoms with Crippen LogP contribution < -0.4 is 0 Å². The molecule has 0 unspecified atom stereocenters. The van der Waals surface area contributed by atoms with Crippen LogP contribution in [0.1, 0.15) is 13.3 Å². The molecule has 0 bridgehead atoms. The molecule has 15 heavy (non-hydrogen) atoms. The zero-order chi connectivity index (χ0) is 11.4. The summed E-state index contributed by atoms with van der Waals surface area (Å²) in [6, 6.07) is 0.0775. The van der Waals surface area contributed by atoms with E-state index in [-0.39, 0.29) is 18.2 Å². The second-order valence-corrected chi connectivity index (χ2v) is 3.96. The number of rotatable bonds is 5. The van der Waals surface area contributed by atoms with Crippen LogP contribution in [0.5, 0.6) is 0 Å². The molecule has 1 heterocycles. The van der Waals surface area contributed by atoms with Crippen molar-refractivity contribution in [3.63, 3.8) is 0 Å². The van der Waals surface area contributed by atoms with Crippen LogP contribution >= 0.6 is 0 Å². The van der Waals surface area contributed by atoms with E-state index in [0.717, 1.165) is 13.0 Å². The van der Waals surface area contributed by atoms with E-state index in [0.29, 0.717) is 0 Å². The van der Waals surface area contributed by atoms with Gasteiger partial charge in [-0.1, -0.05) is 0 Å². The second kappa shape index (κ2) is 5.72. The number of likely N-dealkylation sites (tertiary alicyclic amines) is 1. The number of likely N-dealkylation sites (N-methyl/N-ethyl adjacent to an activating group) is 1. The summed E-state index contributed by atoms with van der Waals surface area (Å²) in [5, 5.41) is 0. The standard InChI is InChI=1S/C10H19F2NO2/c1-7(14-3)10-8(4-5-13(10)2)15-6-9(11)12/h7-10H,4-6H2,1-3H3/t7-,8-,10+/m0/s1. The topological polar surface area (TPSA) is 21.7 Å². The minimum atomic E-state index is -2.39. The van der Waals surface area contributed by atoms with E-state index in [1.807, 2.05) is 14.0 Å². The van der Waals surface area contributed by atoms with Crippen LogP contribution in [0.15, 0.2) is 0 Å². The lowest BCUT2D eigenvalue weighted by molar-refractivity contribution is -0.0624. The Balaban J connectivity index is 2.48. The maximum atomic E-state index is 12.0. The Labute approximate surface area is 89.3 Å². The van der Waals surface area contributed by atoms with Gasteiger partial charge in [0, 0.05) is 13.7 Å². The zero-order valence-electron chi connectivity index (χ0n) is 9.45. The van der Waals surface area contributed by atoms with Gasteiger partial charge >= 0.3 is 0 Å². The Morgan fingerprint density at radius 2 is 2.13 bits per heavy atom. The number of methoxy groups -OCH3 is 1. The van der Waals surface area contributed by atoms with Crippen molar-refractivity contribution in [3.05, 3.63) is 0 Å². The molecular formula is C10H19F2NO2. The molecule has 1 fully saturated rings. The third-order valence-electron chi connectivity index (χ3n) is 2.95. The molecule has 1 aliphatic rings. The van der Waals surface area contributed by atoms with Crippen molar-refractivity contribution < 1.29 is 18.3 Å². The van der Waals surface area contributed by atoms with Gasteiger partial charge in [0.2, 0.25) is 0 Å². The van der Waals surface area contributed by atoms with E-state index in [1.165, 1.54) is 0 Å². The summed E-state index contributed by atoms with van der Waals surface area (Å²) < 4.78 is 34.5. The summed E-state index contributed by atoms with van der Waals surface area (Å²) in [7, 11) is 3.59. The van der Waals surface area contributed by atoms with Gasteiger partial charge in [-0.3, -0.25) is 4.90 Å². The first-order valence-electron chi connectivity index (χ1n) is 5.19. The molecule has 90 valence electrons. The summed E-state index contributed by atoms with van der Waals surface area (Å²) in [4.78, 5) is 2.10. The van der Waals surface area contributed by atoms with Gasteiger partial charge in [0.1, 0.15) is 6.61 Å². The van der Waals surface area contributed by atoms with Crippen molar-refractivity contribution in [2.75, 3.05) is 27.3 Å². The maximum Gasteiger partial charge on any atom is 0.261 e. The summed E-state index contributed by atoms with van der Waals surface area (Å²) in [6.45, 7) is 2.32. The zero-order valence-corrected chi connectivity index (χ0v) is 9.45. The number of ether oxygens (including phenoxy) is 2. The van der Waals surface area contributed by atoms with Crippen molar-refractivity contribution in [2.24, 2.45) is 0 Å². The molecule has 1 rings (SSSR count). The normalized spacial score (nSPS) is 30.0. The molecule has 5 heteroatoms. The predicted molar refractivity (Wildman–Crippen MR) is 53.3 cm³/mol. The maximum absolute atomic E-state index is 12.0. The molecule has 0 aromatic carbocycles. The van der Waals surface area contributed by atoms with Gasteiger partial charge in [-0.25, -0.2) is 8.78 Å². The second-order valence-electron chi connectivity index (χ2n) is 3.96. The molecular weight excluding hydrogens is 204 g/mol. The Bertz CT molecular complexity index is 192. The summed E-state index contributed by atoms with van der Waals surface area (Å²) in [5.41, 5.74) is 0. The van der Waals surface area contributed by atoms with Crippen molar-refractivity contribution in [2.45, 2.75) is 38.0 Å². The molecule has 0 aliphatic carbocycles. The molecule has 1 saturated heterocycles. The largest absolute Gasteiger partial charge is 0.380 e. The van der Waals surface area contributed by atoms with E-state index >= 15 is 0 Å². The minimum absolute atomic E-state index is 0.000160. The van der Waals surface area contributed by atoms with E-state index < -0.39 is 13.0 Å². The first kappa shape index (κ1) is 12.8. The van der Waals surface area contributed by atoms with Gasteiger partial charge in [0.15, 0.2) is 0 Å². The molecule has 3 nitrogen and oxygen atoms in total. The van der Waals surface area contributed by atoms with Crippen LogP contribution in [-0.4, -0.2) is 56.9 Å². The lowest BCUT2D eigenvalue weighted by Gasteiger charge is -2.29. The van der Waals surface area contributed by atoms with Gasteiger partial charge in [0.05, 0.1) is 18.2 Å². The monoisotopic (exact) mass is 223 g/mol. The molecule has 1 aliphatic heterocycles. The number of alkyl halides is 2. The van der Waals surface area contributed by atoms with Crippen LogP contribution in [0, 0.1) is 0 Å².